The van der Waals surface area contributed by atoms with Crippen molar-refractivity contribution in [3.8, 4) is 0 Å². The SMILES string of the molecule is CCCC1OC(=O)CNC(=O)[C@H](Cc2ccccc2)N(C)C(=O)[C@@H]2CCCN2C(=O)[C@H](Cc2ccccc2)N(C)C(=O)[C@H](C(C)C)NC(=O)C1(C)C. The van der Waals surface area contributed by atoms with Crippen LogP contribution in [-0.4, -0.2) is 108 Å². The van der Waals surface area contributed by atoms with Crippen molar-refractivity contribution >= 4 is 35.5 Å². The first-order valence-electron chi connectivity index (χ1n) is 18.4. The lowest BCUT2D eigenvalue weighted by molar-refractivity contribution is -0.160. The molecule has 2 N–H and O–H groups in total. The van der Waals surface area contributed by atoms with Gasteiger partial charge in [0.05, 0.1) is 5.41 Å². The van der Waals surface area contributed by atoms with Gasteiger partial charge in [-0.15, -0.1) is 0 Å². The van der Waals surface area contributed by atoms with Crippen LogP contribution in [0, 0.1) is 11.3 Å². The molecule has 0 radical (unpaired) electrons. The average Bonchev–Trinajstić information content (AvgIpc) is 3.63. The fraction of sp³-hybridized carbons (Fsp3) is 0.550. The number of amides is 5. The fourth-order valence-corrected chi connectivity index (χ4v) is 7.00. The Morgan fingerprint density at radius 1 is 0.808 bits per heavy atom. The molecule has 2 heterocycles. The van der Waals surface area contributed by atoms with Crippen LogP contribution in [0.2, 0.25) is 0 Å². The summed E-state index contributed by atoms with van der Waals surface area (Å²) in [4.78, 5) is 88.7. The second-order valence-corrected chi connectivity index (χ2v) is 14.9. The molecule has 2 aromatic rings. The zero-order valence-electron chi connectivity index (χ0n) is 31.6. The van der Waals surface area contributed by atoms with Gasteiger partial charge in [0.15, 0.2) is 0 Å². The van der Waals surface area contributed by atoms with Crippen molar-refractivity contribution in [3.05, 3.63) is 71.8 Å². The third kappa shape index (κ3) is 9.37. The van der Waals surface area contributed by atoms with Gasteiger partial charge in [0.25, 0.3) is 0 Å². The van der Waals surface area contributed by atoms with E-state index in [4.69, 9.17) is 4.74 Å². The highest BCUT2D eigenvalue weighted by Gasteiger charge is 2.45. The minimum atomic E-state index is -1.25. The van der Waals surface area contributed by atoms with Crippen molar-refractivity contribution in [2.45, 2.75) is 103 Å². The van der Waals surface area contributed by atoms with Gasteiger partial charge in [-0.25, -0.2) is 0 Å². The number of likely N-dealkylation sites (N-methyl/N-ethyl adjacent to an activating group) is 2. The zero-order valence-corrected chi connectivity index (χ0v) is 31.6. The Hall–Kier alpha value is -4.74. The van der Waals surface area contributed by atoms with Crippen molar-refractivity contribution in [1.82, 2.24) is 25.3 Å². The molecular formula is C40H55N5O7. The Bertz CT molecular complexity index is 1580. The van der Waals surface area contributed by atoms with Gasteiger partial charge >= 0.3 is 5.97 Å². The van der Waals surface area contributed by atoms with Crippen LogP contribution < -0.4 is 10.6 Å². The van der Waals surface area contributed by atoms with Gasteiger partial charge in [0.1, 0.15) is 36.8 Å². The molecule has 0 saturated carbocycles. The number of hydrogen-bond donors (Lipinski definition) is 2. The largest absolute Gasteiger partial charge is 0.460 e. The van der Waals surface area contributed by atoms with E-state index in [9.17, 15) is 28.8 Å². The molecule has 2 aliphatic heterocycles. The summed E-state index contributed by atoms with van der Waals surface area (Å²) >= 11 is 0. The number of nitrogens with zero attached hydrogens (tertiary/aromatic N) is 3. The van der Waals surface area contributed by atoms with Crippen LogP contribution in [0.15, 0.2) is 60.7 Å². The monoisotopic (exact) mass is 717 g/mol. The van der Waals surface area contributed by atoms with E-state index in [0.29, 0.717) is 32.2 Å². The highest BCUT2D eigenvalue weighted by molar-refractivity contribution is 5.97. The lowest BCUT2D eigenvalue weighted by atomic mass is 9.82. The maximum absolute atomic E-state index is 14.7. The third-order valence-electron chi connectivity index (χ3n) is 10.4. The molecule has 282 valence electrons. The Morgan fingerprint density at radius 3 is 1.92 bits per heavy atom. The molecule has 0 aliphatic carbocycles. The van der Waals surface area contributed by atoms with E-state index in [1.54, 1.807) is 27.9 Å². The number of carbonyl (C=O) groups excluding carboxylic acids is 6. The van der Waals surface area contributed by atoms with Crippen molar-refractivity contribution < 1.29 is 33.5 Å². The zero-order chi connectivity index (χ0) is 38.2. The first-order chi connectivity index (χ1) is 24.7. The molecule has 2 aliphatic rings. The van der Waals surface area contributed by atoms with Crippen LogP contribution in [0.1, 0.15) is 71.4 Å². The molecule has 0 bridgehead atoms. The number of hydrogen-bond acceptors (Lipinski definition) is 7. The number of benzene rings is 2. The second-order valence-electron chi connectivity index (χ2n) is 14.9. The molecule has 5 amide bonds. The van der Waals surface area contributed by atoms with Gasteiger partial charge in [-0.2, -0.15) is 0 Å². The van der Waals surface area contributed by atoms with Gasteiger partial charge in [-0.05, 0) is 50.2 Å². The molecule has 12 nitrogen and oxygen atoms in total. The van der Waals surface area contributed by atoms with E-state index >= 15 is 0 Å². The number of ether oxygens (including phenoxy) is 1. The van der Waals surface area contributed by atoms with E-state index in [0.717, 1.165) is 11.1 Å². The minimum absolute atomic E-state index is 0.167. The highest BCUT2D eigenvalue weighted by Crippen LogP contribution is 2.29. The summed E-state index contributed by atoms with van der Waals surface area (Å²) < 4.78 is 5.85. The standard InChI is InChI=1S/C40H55N5O7/c1-8-16-32-40(4,5)39(51)42-34(26(2)3)38(50)44(7)31(24-28-19-13-10-14-20-28)37(49)45-22-15-21-29(45)36(48)43(6)30(23-27-17-11-9-12-18-27)35(47)41-25-33(46)52-32/h9-14,17-20,26,29-32,34H,8,15-16,21-25H2,1-7H3,(H,41,47)(H,42,51)/t29-,30-,31-,32?,34-/m0/s1. The summed E-state index contributed by atoms with van der Waals surface area (Å²) in [6.07, 6.45) is 1.39. The van der Waals surface area contributed by atoms with E-state index < -0.39 is 71.8 Å². The van der Waals surface area contributed by atoms with Gasteiger partial charge in [-0.1, -0.05) is 87.9 Å². The Balaban J connectivity index is 1.80. The summed E-state index contributed by atoms with van der Waals surface area (Å²) in [6, 6.07) is 14.7. The number of rotatable bonds is 7. The molecular weight excluding hydrogens is 662 g/mol. The topological polar surface area (TPSA) is 145 Å². The molecule has 2 fully saturated rings. The molecule has 2 aromatic carbocycles. The minimum Gasteiger partial charge on any atom is -0.460 e. The highest BCUT2D eigenvalue weighted by atomic mass is 16.5. The summed E-state index contributed by atoms with van der Waals surface area (Å²) in [5, 5.41) is 5.59. The molecule has 4 rings (SSSR count). The molecule has 0 aromatic heterocycles. The number of esters is 1. The molecule has 1 unspecified atom stereocenters. The van der Waals surface area contributed by atoms with Crippen LogP contribution in [0.25, 0.3) is 0 Å². The molecule has 2 saturated heterocycles. The number of cyclic esters (lactones) is 1. The van der Waals surface area contributed by atoms with Gasteiger partial charge in [0.2, 0.25) is 29.5 Å². The maximum atomic E-state index is 14.7. The normalized spacial score (nSPS) is 25.5. The van der Waals surface area contributed by atoms with Crippen LogP contribution in [0.3, 0.4) is 0 Å². The summed E-state index contributed by atoms with van der Waals surface area (Å²) in [5.41, 5.74) is 0.379. The molecule has 5 atom stereocenters. The molecule has 0 spiro atoms. The first-order valence-corrected chi connectivity index (χ1v) is 18.4. The first kappa shape index (κ1) is 40.0. The molecule has 52 heavy (non-hydrogen) atoms. The van der Waals surface area contributed by atoms with Crippen LogP contribution in [0.4, 0.5) is 0 Å². The Kier molecular flexibility index (Phi) is 13.6. The summed E-state index contributed by atoms with van der Waals surface area (Å²) in [5.74, 6) is -3.37. The number of fused-ring (bicyclic) bond motifs is 1. The van der Waals surface area contributed by atoms with Crippen molar-refractivity contribution in [3.63, 3.8) is 0 Å². The van der Waals surface area contributed by atoms with Crippen molar-refractivity contribution in [2.24, 2.45) is 11.3 Å². The Morgan fingerprint density at radius 2 is 1.37 bits per heavy atom. The van der Waals surface area contributed by atoms with Gasteiger partial charge in [0, 0.05) is 33.5 Å². The van der Waals surface area contributed by atoms with E-state index in [1.807, 2.05) is 81.4 Å². The van der Waals surface area contributed by atoms with Gasteiger partial charge < -0.3 is 30.1 Å². The smallest absolute Gasteiger partial charge is 0.325 e. The van der Waals surface area contributed by atoms with Crippen molar-refractivity contribution in [2.75, 3.05) is 27.2 Å². The predicted octanol–water partition coefficient (Wildman–Crippen LogP) is 3.13. The second kappa shape index (κ2) is 17.7. The Labute approximate surface area is 307 Å². The third-order valence-corrected chi connectivity index (χ3v) is 10.4. The molecule has 12 heteroatoms. The van der Waals surface area contributed by atoms with Crippen molar-refractivity contribution in [1.29, 1.82) is 0 Å². The number of carbonyl (C=O) groups is 6. The van der Waals surface area contributed by atoms with Crippen LogP contribution in [-0.2, 0) is 46.3 Å². The van der Waals surface area contributed by atoms with Crippen LogP contribution in [0.5, 0.6) is 0 Å². The van der Waals surface area contributed by atoms with Crippen LogP contribution >= 0.6 is 0 Å². The summed E-state index contributed by atoms with van der Waals surface area (Å²) in [6.45, 7) is 8.69. The fourth-order valence-electron chi connectivity index (χ4n) is 7.00. The van der Waals surface area contributed by atoms with E-state index in [1.165, 1.54) is 14.7 Å². The van der Waals surface area contributed by atoms with E-state index in [-0.39, 0.29) is 24.7 Å². The quantitative estimate of drug-likeness (QED) is 0.419. The lowest BCUT2D eigenvalue weighted by Gasteiger charge is -2.38. The van der Waals surface area contributed by atoms with E-state index in [2.05, 4.69) is 10.6 Å². The number of nitrogens with one attached hydrogen (secondary N) is 2. The lowest BCUT2D eigenvalue weighted by Crippen LogP contribution is -2.60. The maximum Gasteiger partial charge on any atom is 0.325 e. The summed E-state index contributed by atoms with van der Waals surface area (Å²) in [7, 11) is 3.10. The average molecular weight is 718 g/mol. The van der Waals surface area contributed by atoms with Gasteiger partial charge in [-0.3, -0.25) is 28.8 Å². The predicted molar refractivity (Wildman–Crippen MR) is 196 cm³/mol.